The fourth-order valence-corrected chi connectivity index (χ4v) is 3.21. The number of ether oxygens (including phenoxy) is 1. The smallest absolute Gasteiger partial charge is 0.306 e. The zero-order valence-electron chi connectivity index (χ0n) is 11.5. The molecule has 1 aliphatic heterocycles. The molecular weight excluding hydrogens is 246 g/mol. The highest BCUT2D eigenvalue weighted by Gasteiger charge is 2.34. The van der Waals surface area contributed by atoms with Gasteiger partial charge in [0.2, 0.25) is 5.91 Å². The molecule has 2 unspecified atom stereocenters. The van der Waals surface area contributed by atoms with Gasteiger partial charge in [0.15, 0.2) is 0 Å². The molecule has 1 aliphatic carbocycles. The maximum absolute atomic E-state index is 12.4. The van der Waals surface area contributed by atoms with Gasteiger partial charge in [0.1, 0.15) is 0 Å². The quantitative estimate of drug-likeness (QED) is 0.843. The van der Waals surface area contributed by atoms with Crippen molar-refractivity contribution in [3.63, 3.8) is 0 Å². The molecule has 2 atom stereocenters. The van der Waals surface area contributed by atoms with Crippen LogP contribution in [0.25, 0.3) is 0 Å². The Morgan fingerprint density at radius 3 is 2.32 bits per heavy atom. The van der Waals surface area contributed by atoms with Crippen molar-refractivity contribution >= 4 is 11.9 Å². The second kappa shape index (κ2) is 6.37. The zero-order valence-corrected chi connectivity index (χ0v) is 11.5. The molecule has 0 aromatic heterocycles. The summed E-state index contributed by atoms with van der Waals surface area (Å²) in [6.45, 7) is 1.48. The van der Waals surface area contributed by atoms with Gasteiger partial charge in [0, 0.05) is 26.1 Å². The van der Waals surface area contributed by atoms with Crippen molar-refractivity contribution in [2.24, 2.45) is 11.8 Å². The molecule has 0 radical (unpaired) electrons. The highest BCUT2D eigenvalue weighted by molar-refractivity contribution is 5.80. The highest BCUT2D eigenvalue weighted by atomic mass is 16.5. The fourth-order valence-electron chi connectivity index (χ4n) is 3.21. The van der Waals surface area contributed by atoms with Crippen LogP contribution in [0.3, 0.4) is 0 Å². The number of likely N-dealkylation sites (tertiary alicyclic amines) is 1. The van der Waals surface area contributed by atoms with Crippen LogP contribution in [0, 0.1) is 11.8 Å². The summed E-state index contributed by atoms with van der Waals surface area (Å²) >= 11 is 0. The number of piperidine rings is 1. The summed E-state index contributed by atoms with van der Waals surface area (Å²) in [6.07, 6.45) is 4.95. The fraction of sp³-hybridized carbons (Fsp3) is 0.857. The van der Waals surface area contributed by atoms with Gasteiger partial charge >= 0.3 is 5.97 Å². The number of aliphatic carboxylic acids is 1. The van der Waals surface area contributed by atoms with Gasteiger partial charge in [-0.3, -0.25) is 9.59 Å². The Morgan fingerprint density at radius 2 is 1.74 bits per heavy atom. The maximum atomic E-state index is 12.4. The summed E-state index contributed by atoms with van der Waals surface area (Å²) in [5.41, 5.74) is 0. The predicted molar refractivity (Wildman–Crippen MR) is 69.7 cm³/mol. The lowest BCUT2D eigenvalue weighted by Gasteiger charge is -2.35. The van der Waals surface area contributed by atoms with E-state index in [1.165, 1.54) is 0 Å². The molecular formula is C14H23NO4. The van der Waals surface area contributed by atoms with E-state index >= 15 is 0 Å². The van der Waals surface area contributed by atoms with Crippen LogP contribution in [-0.2, 0) is 14.3 Å². The minimum absolute atomic E-state index is 0.0889. The van der Waals surface area contributed by atoms with E-state index in [0.29, 0.717) is 12.8 Å². The summed E-state index contributed by atoms with van der Waals surface area (Å²) in [4.78, 5) is 25.3. The molecule has 2 rings (SSSR count). The number of methoxy groups -OCH3 is 1. The van der Waals surface area contributed by atoms with Crippen molar-refractivity contribution in [1.29, 1.82) is 0 Å². The molecule has 1 heterocycles. The molecule has 0 aromatic carbocycles. The molecule has 108 valence electrons. The molecule has 1 saturated heterocycles. The number of hydrogen-bond donors (Lipinski definition) is 1. The van der Waals surface area contributed by atoms with Gasteiger partial charge in [-0.15, -0.1) is 0 Å². The van der Waals surface area contributed by atoms with Crippen LogP contribution in [0.1, 0.15) is 38.5 Å². The van der Waals surface area contributed by atoms with E-state index in [9.17, 15) is 9.59 Å². The number of nitrogens with zero attached hydrogens (tertiary/aromatic N) is 1. The van der Waals surface area contributed by atoms with Gasteiger partial charge in [-0.05, 0) is 32.1 Å². The van der Waals surface area contributed by atoms with Gasteiger partial charge in [0.05, 0.1) is 12.0 Å². The van der Waals surface area contributed by atoms with Crippen LogP contribution in [0.4, 0.5) is 0 Å². The Balaban J connectivity index is 1.87. The zero-order chi connectivity index (χ0) is 13.8. The minimum Gasteiger partial charge on any atom is -0.481 e. The van der Waals surface area contributed by atoms with Crippen molar-refractivity contribution in [2.75, 3.05) is 20.2 Å². The Hall–Kier alpha value is -1.10. The van der Waals surface area contributed by atoms with E-state index < -0.39 is 5.97 Å². The third kappa shape index (κ3) is 3.47. The Morgan fingerprint density at radius 1 is 1.11 bits per heavy atom. The van der Waals surface area contributed by atoms with E-state index in [1.54, 1.807) is 7.11 Å². The number of hydrogen-bond acceptors (Lipinski definition) is 3. The van der Waals surface area contributed by atoms with Crippen LogP contribution in [-0.4, -0.2) is 48.2 Å². The maximum Gasteiger partial charge on any atom is 0.306 e. The lowest BCUT2D eigenvalue weighted by Crippen LogP contribution is -2.44. The van der Waals surface area contributed by atoms with E-state index in [1.807, 2.05) is 4.90 Å². The van der Waals surface area contributed by atoms with Crippen LogP contribution >= 0.6 is 0 Å². The molecule has 1 saturated carbocycles. The van der Waals surface area contributed by atoms with Crippen molar-refractivity contribution in [3.8, 4) is 0 Å². The predicted octanol–water partition coefficient (Wildman–Crippen LogP) is 1.51. The monoisotopic (exact) mass is 269 g/mol. The van der Waals surface area contributed by atoms with Gasteiger partial charge in [-0.2, -0.15) is 0 Å². The van der Waals surface area contributed by atoms with Gasteiger partial charge in [-0.1, -0.05) is 6.42 Å². The van der Waals surface area contributed by atoms with Gasteiger partial charge < -0.3 is 14.7 Å². The first kappa shape index (κ1) is 14.3. The number of carboxylic acid groups (broad SMARTS) is 1. The second-order valence-corrected chi connectivity index (χ2v) is 5.66. The van der Waals surface area contributed by atoms with E-state index in [2.05, 4.69) is 0 Å². The molecule has 2 aliphatic rings. The second-order valence-electron chi connectivity index (χ2n) is 5.66. The molecule has 5 heteroatoms. The summed E-state index contributed by atoms with van der Waals surface area (Å²) in [5, 5.41) is 9.07. The topological polar surface area (TPSA) is 66.8 Å². The Bertz CT molecular complexity index is 336. The van der Waals surface area contributed by atoms with E-state index in [0.717, 1.165) is 38.8 Å². The summed E-state index contributed by atoms with van der Waals surface area (Å²) in [5.74, 6) is -1.02. The first-order chi connectivity index (χ1) is 9.11. The normalized spacial score (nSPS) is 29.2. The largest absolute Gasteiger partial charge is 0.481 e. The molecule has 0 spiro atoms. The molecule has 0 aromatic rings. The lowest BCUT2D eigenvalue weighted by molar-refractivity contribution is -0.146. The highest BCUT2D eigenvalue weighted by Crippen LogP contribution is 2.31. The van der Waals surface area contributed by atoms with Crippen LogP contribution in [0.15, 0.2) is 0 Å². The SMILES string of the molecule is COC1CCN(C(=O)C2CCCC(C(=O)O)C2)CC1. The van der Waals surface area contributed by atoms with Gasteiger partial charge in [-0.25, -0.2) is 0 Å². The summed E-state index contributed by atoms with van der Waals surface area (Å²) in [6, 6.07) is 0. The third-order valence-corrected chi connectivity index (χ3v) is 4.46. The first-order valence-electron chi connectivity index (χ1n) is 7.16. The molecule has 5 nitrogen and oxygen atoms in total. The number of rotatable bonds is 3. The summed E-state index contributed by atoms with van der Waals surface area (Å²) in [7, 11) is 1.71. The molecule has 2 fully saturated rings. The molecule has 1 N–H and O–H groups in total. The molecule has 1 amide bonds. The summed E-state index contributed by atoms with van der Waals surface area (Å²) < 4.78 is 5.30. The van der Waals surface area contributed by atoms with Gasteiger partial charge in [0.25, 0.3) is 0 Å². The molecule has 0 bridgehead atoms. The number of carboxylic acids is 1. The first-order valence-corrected chi connectivity index (χ1v) is 7.16. The molecule has 19 heavy (non-hydrogen) atoms. The average molecular weight is 269 g/mol. The van der Waals surface area contributed by atoms with Crippen LogP contribution in [0.5, 0.6) is 0 Å². The van der Waals surface area contributed by atoms with Crippen LogP contribution in [0.2, 0.25) is 0 Å². The number of carbonyl (C=O) groups is 2. The number of carbonyl (C=O) groups excluding carboxylic acids is 1. The van der Waals surface area contributed by atoms with Crippen molar-refractivity contribution < 1.29 is 19.4 Å². The standard InChI is InChI=1S/C14H23NO4/c1-19-12-5-7-15(8-6-12)13(16)10-3-2-4-11(9-10)14(17)18/h10-12H,2-9H2,1H3,(H,17,18). The minimum atomic E-state index is -0.754. The average Bonchev–Trinajstić information content (AvgIpc) is 2.46. The van der Waals surface area contributed by atoms with E-state index in [4.69, 9.17) is 9.84 Å². The Kier molecular flexibility index (Phi) is 4.80. The third-order valence-electron chi connectivity index (χ3n) is 4.46. The van der Waals surface area contributed by atoms with E-state index in [-0.39, 0.29) is 23.8 Å². The van der Waals surface area contributed by atoms with Crippen molar-refractivity contribution in [1.82, 2.24) is 4.90 Å². The van der Waals surface area contributed by atoms with Crippen molar-refractivity contribution in [3.05, 3.63) is 0 Å². The van der Waals surface area contributed by atoms with Crippen molar-refractivity contribution in [2.45, 2.75) is 44.6 Å². The lowest BCUT2D eigenvalue weighted by atomic mass is 9.80. The Labute approximate surface area is 113 Å². The van der Waals surface area contributed by atoms with Crippen LogP contribution < -0.4 is 0 Å². The number of amides is 1.